The van der Waals surface area contributed by atoms with Crippen LogP contribution in [-0.4, -0.2) is 23.7 Å². The van der Waals surface area contributed by atoms with Gasteiger partial charge in [-0.25, -0.2) is 0 Å². The molecule has 1 heterocycles. The number of hydrogen-bond acceptors (Lipinski definition) is 3. The van der Waals surface area contributed by atoms with Crippen molar-refractivity contribution in [3.05, 3.63) is 41.7 Å². The third-order valence-corrected chi connectivity index (χ3v) is 4.47. The van der Waals surface area contributed by atoms with Crippen molar-refractivity contribution in [3.63, 3.8) is 0 Å². The van der Waals surface area contributed by atoms with Crippen molar-refractivity contribution >= 4 is 10.1 Å². The van der Waals surface area contributed by atoms with Crippen molar-refractivity contribution in [2.24, 2.45) is 0 Å². The Balaban J connectivity index is 1.88. The highest BCUT2D eigenvalue weighted by Crippen LogP contribution is 2.29. The second-order valence-corrected chi connectivity index (χ2v) is 6.88. The summed E-state index contributed by atoms with van der Waals surface area (Å²) in [6, 6.07) is 4.21. The van der Waals surface area contributed by atoms with Crippen LogP contribution in [0.5, 0.6) is 0 Å². The topological polar surface area (TPSA) is 67.3 Å². The molecule has 0 bridgehead atoms. The molecule has 1 atom stereocenters. The molecular weight excluding hydrogens is 274 g/mol. The first-order valence-electron chi connectivity index (χ1n) is 7.09. The molecule has 1 aromatic heterocycles. The molecule has 0 spiro atoms. The smallest absolute Gasteiger partial charge is 0.264 e. The molecule has 1 aromatic rings. The van der Waals surface area contributed by atoms with Gasteiger partial charge in [0, 0.05) is 11.9 Å². The predicted molar refractivity (Wildman–Crippen MR) is 79.3 cm³/mol. The van der Waals surface area contributed by atoms with Gasteiger partial charge in [-0.3, -0.25) is 9.54 Å². The van der Waals surface area contributed by atoms with Crippen LogP contribution in [0.2, 0.25) is 0 Å². The van der Waals surface area contributed by atoms with E-state index in [4.69, 9.17) is 4.55 Å². The number of aromatic nitrogens is 1. The Labute approximate surface area is 120 Å². The maximum Gasteiger partial charge on any atom is 0.264 e. The van der Waals surface area contributed by atoms with Crippen LogP contribution in [0.3, 0.4) is 0 Å². The van der Waals surface area contributed by atoms with Crippen LogP contribution in [-0.2, 0) is 16.5 Å². The van der Waals surface area contributed by atoms with Crippen molar-refractivity contribution in [2.75, 3.05) is 5.75 Å². The Morgan fingerprint density at radius 1 is 1.30 bits per heavy atom. The molecule has 0 saturated heterocycles. The van der Waals surface area contributed by atoms with Gasteiger partial charge in [-0.15, -0.1) is 0 Å². The number of nitrogens with zero attached hydrogens (tertiary/aromatic N) is 1. The Morgan fingerprint density at radius 2 is 2.15 bits per heavy atom. The number of allylic oxidation sites excluding steroid dienone is 2. The number of rotatable bonds is 6. The number of aryl methyl sites for hydroxylation is 1. The van der Waals surface area contributed by atoms with Crippen LogP contribution in [0.4, 0.5) is 0 Å². The van der Waals surface area contributed by atoms with Crippen LogP contribution in [0.15, 0.2) is 30.5 Å². The Morgan fingerprint density at radius 3 is 2.85 bits per heavy atom. The summed E-state index contributed by atoms with van der Waals surface area (Å²) >= 11 is 0. The molecular formula is C15H21NO3S. The van der Waals surface area contributed by atoms with E-state index in [1.165, 1.54) is 12.0 Å². The van der Waals surface area contributed by atoms with E-state index in [2.05, 4.69) is 29.3 Å². The SMILES string of the molecule is O=S(=O)(O)CCCCc1cc(C2CC=CCC2)ccn1. The molecule has 1 unspecified atom stereocenters. The molecule has 1 N–H and O–H groups in total. The highest BCUT2D eigenvalue weighted by Gasteiger charge is 2.13. The molecule has 0 amide bonds. The van der Waals surface area contributed by atoms with Crippen molar-refractivity contribution < 1.29 is 13.0 Å². The molecule has 5 heteroatoms. The van der Waals surface area contributed by atoms with Crippen LogP contribution < -0.4 is 0 Å². The second-order valence-electron chi connectivity index (χ2n) is 5.31. The van der Waals surface area contributed by atoms with E-state index in [1.807, 2.05) is 6.20 Å². The average molecular weight is 295 g/mol. The molecule has 1 aliphatic rings. The Hall–Kier alpha value is -1.20. The first kappa shape index (κ1) is 15.2. The van der Waals surface area contributed by atoms with Gasteiger partial charge in [-0.1, -0.05) is 12.2 Å². The zero-order valence-electron chi connectivity index (χ0n) is 11.5. The highest BCUT2D eigenvalue weighted by atomic mass is 32.2. The zero-order valence-corrected chi connectivity index (χ0v) is 12.3. The van der Waals surface area contributed by atoms with E-state index in [9.17, 15) is 8.42 Å². The van der Waals surface area contributed by atoms with Gasteiger partial charge in [0.15, 0.2) is 0 Å². The normalized spacial score (nSPS) is 19.1. The maximum atomic E-state index is 10.6. The molecule has 0 fully saturated rings. The molecule has 0 aromatic carbocycles. The van der Waals surface area contributed by atoms with Crippen molar-refractivity contribution in [1.82, 2.24) is 4.98 Å². The number of pyridine rings is 1. The van der Waals surface area contributed by atoms with Gasteiger partial charge >= 0.3 is 0 Å². The van der Waals surface area contributed by atoms with Crippen molar-refractivity contribution in [3.8, 4) is 0 Å². The fourth-order valence-electron chi connectivity index (χ4n) is 2.57. The minimum absolute atomic E-state index is 0.167. The lowest BCUT2D eigenvalue weighted by molar-refractivity contribution is 0.480. The Kier molecular flexibility index (Phi) is 5.31. The maximum absolute atomic E-state index is 10.6. The fraction of sp³-hybridized carbons (Fsp3) is 0.533. The summed E-state index contributed by atoms with van der Waals surface area (Å²) in [5.41, 5.74) is 2.33. The molecule has 1 aliphatic carbocycles. The first-order chi connectivity index (χ1) is 9.54. The third-order valence-electron chi connectivity index (χ3n) is 3.67. The first-order valence-corrected chi connectivity index (χ1v) is 8.70. The van der Waals surface area contributed by atoms with E-state index in [1.54, 1.807) is 0 Å². The van der Waals surface area contributed by atoms with Crippen molar-refractivity contribution in [2.45, 2.75) is 44.4 Å². The molecule has 4 nitrogen and oxygen atoms in total. The molecule has 0 radical (unpaired) electrons. The third kappa shape index (κ3) is 5.06. The van der Waals surface area contributed by atoms with Gasteiger partial charge in [-0.05, 0) is 62.1 Å². The predicted octanol–water partition coefficient (Wildman–Crippen LogP) is 3.12. The monoisotopic (exact) mass is 295 g/mol. The van der Waals surface area contributed by atoms with E-state index < -0.39 is 10.1 Å². The molecule has 0 saturated carbocycles. The van der Waals surface area contributed by atoms with Gasteiger partial charge < -0.3 is 0 Å². The van der Waals surface area contributed by atoms with Gasteiger partial charge in [0.2, 0.25) is 0 Å². The summed E-state index contributed by atoms with van der Waals surface area (Å²) in [4.78, 5) is 4.34. The molecule has 0 aliphatic heterocycles. The minimum atomic E-state index is -3.83. The van der Waals surface area contributed by atoms with Gasteiger partial charge in [-0.2, -0.15) is 8.42 Å². The zero-order chi connectivity index (χ0) is 14.4. The fourth-order valence-corrected chi connectivity index (χ4v) is 3.14. The Bertz CT molecular complexity index is 566. The van der Waals surface area contributed by atoms with Crippen molar-refractivity contribution in [1.29, 1.82) is 0 Å². The molecule has 110 valence electrons. The summed E-state index contributed by atoms with van der Waals surface area (Å²) < 4.78 is 30.0. The molecule has 2 rings (SSSR count). The summed E-state index contributed by atoms with van der Waals surface area (Å²) in [5, 5.41) is 0. The summed E-state index contributed by atoms with van der Waals surface area (Å²) in [5.74, 6) is 0.416. The van der Waals surface area contributed by atoms with Gasteiger partial charge in [0.05, 0.1) is 5.75 Å². The highest BCUT2D eigenvalue weighted by molar-refractivity contribution is 7.85. The van der Waals surface area contributed by atoms with E-state index in [0.29, 0.717) is 12.3 Å². The number of hydrogen-bond donors (Lipinski definition) is 1. The van der Waals surface area contributed by atoms with Crippen LogP contribution in [0.1, 0.15) is 49.3 Å². The van der Waals surface area contributed by atoms with E-state index >= 15 is 0 Å². The van der Waals surface area contributed by atoms with Crippen LogP contribution in [0, 0.1) is 0 Å². The van der Waals surface area contributed by atoms with E-state index in [-0.39, 0.29) is 5.75 Å². The lowest BCUT2D eigenvalue weighted by Crippen LogP contribution is -2.05. The lowest BCUT2D eigenvalue weighted by Gasteiger charge is -2.18. The summed E-state index contributed by atoms with van der Waals surface area (Å²) in [7, 11) is -3.83. The number of unbranched alkanes of at least 4 members (excludes halogenated alkanes) is 1. The van der Waals surface area contributed by atoms with Gasteiger partial charge in [0.25, 0.3) is 10.1 Å². The van der Waals surface area contributed by atoms with Crippen LogP contribution >= 0.6 is 0 Å². The summed E-state index contributed by atoms with van der Waals surface area (Å²) in [6.45, 7) is 0. The minimum Gasteiger partial charge on any atom is -0.286 e. The standard InChI is InChI=1S/C15H21NO3S/c17-20(18,19)11-5-4-8-15-12-14(9-10-16-15)13-6-2-1-3-7-13/h1-2,9-10,12-13H,3-8,11H2,(H,17,18,19). The van der Waals surface area contributed by atoms with Gasteiger partial charge in [0.1, 0.15) is 0 Å². The summed E-state index contributed by atoms with van der Waals surface area (Å²) in [6.07, 6.45) is 11.7. The lowest BCUT2D eigenvalue weighted by atomic mass is 9.88. The quantitative estimate of drug-likeness (QED) is 0.497. The second kappa shape index (κ2) is 6.99. The average Bonchev–Trinajstić information content (AvgIpc) is 2.44. The molecule has 20 heavy (non-hydrogen) atoms. The van der Waals surface area contributed by atoms with E-state index in [0.717, 1.165) is 31.4 Å². The van der Waals surface area contributed by atoms with Crippen LogP contribution in [0.25, 0.3) is 0 Å². The largest absolute Gasteiger partial charge is 0.286 e.